The minimum atomic E-state index is 0. The molecule has 24 heavy (non-hydrogen) atoms. The van der Waals surface area contributed by atoms with E-state index in [2.05, 4.69) is 65.4 Å². The Hall–Kier alpha value is -1.23. The van der Waals surface area contributed by atoms with Crippen LogP contribution in [0.1, 0.15) is 30.0 Å². The maximum Gasteiger partial charge on any atom is 0.175 e. The zero-order valence-electron chi connectivity index (χ0n) is 14.4. The molecule has 0 aromatic heterocycles. The van der Waals surface area contributed by atoms with Gasteiger partial charge in [-0.25, -0.2) is 0 Å². The standard InChI is InChI=1S/C19H24BrNO2.ClH/c1-4-9-21-12-16-10-17(20)19(18(11-16)22-3)23-13-15-7-5-14(2)6-8-15;/h5-8,10-11,21H,4,9,12-13H2,1-3H3;1H. The highest BCUT2D eigenvalue weighted by Gasteiger charge is 2.12. The van der Waals surface area contributed by atoms with Gasteiger partial charge in [-0.2, -0.15) is 0 Å². The molecule has 0 amide bonds. The number of rotatable bonds is 8. The SMILES string of the molecule is CCCNCc1cc(Br)c(OCc2ccc(C)cc2)c(OC)c1.Cl. The van der Waals surface area contributed by atoms with Crippen LogP contribution in [0.4, 0.5) is 0 Å². The van der Waals surface area contributed by atoms with Crippen molar-refractivity contribution in [1.29, 1.82) is 0 Å². The van der Waals surface area contributed by atoms with Crippen molar-refractivity contribution < 1.29 is 9.47 Å². The van der Waals surface area contributed by atoms with Gasteiger partial charge in [-0.05, 0) is 59.1 Å². The Labute approximate surface area is 159 Å². The Morgan fingerprint density at radius 3 is 2.42 bits per heavy atom. The molecule has 0 aliphatic carbocycles. The molecule has 0 atom stereocenters. The van der Waals surface area contributed by atoms with Gasteiger partial charge in [0, 0.05) is 6.54 Å². The molecule has 0 unspecified atom stereocenters. The summed E-state index contributed by atoms with van der Waals surface area (Å²) >= 11 is 3.60. The third-order valence-electron chi connectivity index (χ3n) is 3.55. The van der Waals surface area contributed by atoms with Crippen molar-refractivity contribution in [1.82, 2.24) is 5.32 Å². The Morgan fingerprint density at radius 1 is 1.08 bits per heavy atom. The first kappa shape index (κ1) is 20.8. The number of aryl methyl sites for hydroxylation is 1. The number of hydrogen-bond donors (Lipinski definition) is 1. The fourth-order valence-electron chi connectivity index (χ4n) is 2.26. The van der Waals surface area contributed by atoms with E-state index in [0.29, 0.717) is 6.61 Å². The second kappa shape index (κ2) is 10.6. The number of benzene rings is 2. The fraction of sp³-hybridized carbons (Fsp3) is 0.368. The molecule has 2 aromatic carbocycles. The van der Waals surface area contributed by atoms with E-state index in [1.54, 1.807) is 7.11 Å². The Morgan fingerprint density at radius 2 is 1.79 bits per heavy atom. The van der Waals surface area contributed by atoms with Gasteiger partial charge in [-0.15, -0.1) is 12.4 Å². The van der Waals surface area contributed by atoms with E-state index in [9.17, 15) is 0 Å². The summed E-state index contributed by atoms with van der Waals surface area (Å²) in [6.45, 7) is 6.58. The molecule has 2 rings (SSSR count). The molecule has 0 heterocycles. The molecular formula is C19H25BrClNO2. The first-order valence-corrected chi connectivity index (χ1v) is 8.68. The molecule has 0 radical (unpaired) electrons. The summed E-state index contributed by atoms with van der Waals surface area (Å²) in [4.78, 5) is 0. The zero-order valence-corrected chi connectivity index (χ0v) is 16.8. The molecule has 0 fully saturated rings. The summed E-state index contributed by atoms with van der Waals surface area (Å²) < 4.78 is 12.4. The molecule has 1 N–H and O–H groups in total. The van der Waals surface area contributed by atoms with Gasteiger partial charge in [0.1, 0.15) is 6.61 Å². The van der Waals surface area contributed by atoms with Crippen molar-refractivity contribution in [3.8, 4) is 11.5 Å². The van der Waals surface area contributed by atoms with Gasteiger partial charge in [0.15, 0.2) is 11.5 Å². The van der Waals surface area contributed by atoms with Crippen LogP contribution in [-0.4, -0.2) is 13.7 Å². The number of nitrogens with one attached hydrogen (secondary N) is 1. The summed E-state index contributed by atoms with van der Waals surface area (Å²) in [5.74, 6) is 1.49. The van der Waals surface area contributed by atoms with Crippen molar-refractivity contribution in [3.05, 3.63) is 57.6 Å². The van der Waals surface area contributed by atoms with Crippen molar-refractivity contribution in [3.63, 3.8) is 0 Å². The van der Waals surface area contributed by atoms with Crippen LogP contribution < -0.4 is 14.8 Å². The highest BCUT2D eigenvalue weighted by molar-refractivity contribution is 9.10. The summed E-state index contributed by atoms with van der Waals surface area (Å²) in [6.07, 6.45) is 1.12. The molecule has 0 saturated heterocycles. The van der Waals surface area contributed by atoms with E-state index < -0.39 is 0 Å². The van der Waals surface area contributed by atoms with E-state index >= 15 is 0 Å². The van der Waals surface area contributed by atoms with Crippen LogP contribution in [0.2, 0.25) is 0 Å². The number of hydrogen-bond acceptors (Lipinski definition) is 3. The summed E-state index contributed by atoms with van der Waals surface area (Å²) in [5.41, 5.74) is 3.56. The van der Waals surface area contributed by atoms with Gasteiger partial charge >= 0.3 is 0 Å². The third-order valence-corrected chi connectivity index (χ3v) is 4.14. The Kier molecular flexibility index (Phi) is 9.19. The molecule has 0 bridgehead atoms. The van der Waals surface area contributed by atoms with E-state index in [4.69, 9.17) is 9.47 Å². The van der Waals surface area contributed by atoms with E-state index in [1.807, 2.05) is 6.07 Å². The first-order chi connectivity index (χ1) is 11.1. The monoisotopic (exact) mass is 413 g/mol. The van der Waals surface area contributed by atoms with Gasteiger partial charge in [-0.3, -0.25) is 0 Å². The lowest BCUT2D eigenvalue weighted by molar-refractivity contribution is 0.282. The molecule has 0 aliphatic rings. The van der Waals surface area contributed by atoms with Gasteiger partial charge in [-0.1, -0.05) is 36.8 Å². The summed E-state index contributed by atoms with van der Waals surface area (Å²) in [5, 5.41) is 3.40. The van der Waals surface area contributed by atoms with Crippen LogP contribution in [0, 0.1) is 6.92 Å². The van der Waals surface area contributed by atoms with Gasteiger partial charge in [0.05, 0.1) is 11.6 Å². The lowest BCUT2D eigenvalue weighted by Crippen LogP contribution is -2.14. The van der Waals surface area contributed by atoms with Crippen molar-refractivity contribution in [2.24, 2.45) is 0 Å². The van der Waals surface area contributed by atoms with Gasteiger partial charge < -0.3 is 14.8 Å². The first-order valence-electron chi connectivity index (χ1n) is 7.89. The highest BCUT2D eigenvalue weighted by atomic mass is 79.9. The number of methoxy groups -OCH3 is 1. The normalized spacial score (nSPS) is 10.2. The quantitative estimate of drug-likeness (QED) is 0.597. The minimum Gasteiger partial charge on any atom is -0.493 e. The second-order valence-corrected chi connectivity index (χ2v) is 6.41. The average molecular weight is 415 g/mol. The third kappa shape index (κ3) is 6.00. The van der Waals surface area contributed by atoms with Crippen LogP contribution >= 0.6 is 28.3 Å². The number of halogens is 2. The topological polar surface area (TPSA) is 30.5 Å². The van der Waals surface area contributed by atoms with Crippen LogP contribution in [-0.2, 0) is 13.2 Å². The molecule has 5 heteroatoms. The summed E-state index contributed by atoms with van der Waals surface area (Å²) in [7, 11) is 1.67. The maximum atomic E-state index is 5.97. The Balaban J connectivity index is 0.00000288. The summed E-state index contributed by atoms with van der Waals surface area (Å²) in [6, 6.07) is 12.5. The van der Waals surface area contributed by atoms with Crippen LogP contribution in [0.15, 0.2) is 40.9 Å². The predicted molar refractivity (Wildman–Crippen MR) is 105 cm³/mol. The smallest absolute Gasteiger partial charge is 0.175 e. The Bertz CT molecular complexity index is 632. The van der Waals surface area contributed by atoms with E-state index in [-0.39, 0.29) is 12.4 Å². The van der Waals surface area contributed by atoms with Crippen molar-refractivity contribution >= 4 is 28.3 Å². The van der Waals surface area contributed by atoms with Crippen molar-refractivity contribution in [2.45, 2.75) is 33.4 Å². The number of ether oxygens (including phenoxy) is 2. The van der Waals surface area contributed by atoms with Crippen LogP contribution in [0.25, 0.3) is 0 Å². The average Bonchev–Trinajstić information content (AvgIpc) is 2.55. The van der Waals surface area contributed by atoms with Crippen LogP contribution in [0.5, 0.6) is 11.5 Å². The largest absolute Gasteiger partial charge is 0.493 e. The molecule has 132 valence electrons. The van der Waals surface area contributed by atoms with Crippen molar-refractivity contribution in [2.75, 3.05) is 13.7 Å². The fourth-order valence-corrected chi connectivity index (χ4v) is 2.87. The predicted octanol–water partition coefficient (Wildman–Crippen LogP) is 5.27. The lowest BCUT2D eigenvalue weighted by atomic mass is 10.1. The molecule has 3 nitrogen and oxygen atoms in total. The second-order valence-electron chi connectivity index (χ2n) is 5.56. The molecular weight excluding hydrogens is 390 g/mol. The maximum absolute atomic E-state index is 5.97. The molecule has 2 aromatic rings. The van der Waals surface area contributed by atoms with Gasteiger partial charge in [0.25, 0.3) is 0 Å². The highest BCUT2D eigenvalue weighted by Crippen LogP contribution is 2.37. The lowest BCUT2D eigenvalue weighted by Gasteiger charge is -2.15. The molecule has 0 spiro atoms. The minimum absolute atomic E-state index is 0. The van der Waals surface area contributed by atoms with E-state index in [0.717, 1.165) is 41.0 Å². The van der Waals surface area contributed by atoms with E-state index in [1.165, 1.54) is 11.1 Å². The zero-order chi connectivity index (χ0) is 16.7. The molecule has 0 aliphatic heterocycles. The van der Waals surface area contributed by atoms with Crippen LogP contribution in [0.3, 0.4) is 0 Å². The van der Waals surface area contributed by atoms with Gasteiger partial charge in [0.2, 0.25) is 0 Å². The molecule has 0 saturated carbocycles.